The maximum Gasteiger partial charge on any atom is 0.433 e. The van der Waals surface area contributed by atoms with Crippen LogP contribution in [-0.4, -0.2) is 24.7 Å². The molecule has 0 heterocycles. The summed E-state index contributed by atoms with van der Waals surface area (Å²) in [6.07, 6.45) is 0.283. The largest absolute Gasteiger partial charge is 0.447 e. The number of hydrogen-bond donors (Lipinski definition) is 0. The van der Waals surface area contributed by atoms with Crippen molar-refractivity contribution in [1.29, 1.82) is 0 Å². The van der Waals surface area contributed by atoms with Crippen LogP contribution in [0.2, 0.25) is 0 Å². The molecule has 0 bridgehead atoms. The quantitative estimate of drug-likeness (QED) is 0.634. The molecule has 1 aliphatic carbocycles. The Bertz CT molecular complexity index is 734. The molecule has 4 heteroatoms. The Morgan fingerprint density at radius 1 is 1.09 bits per heavy atom. The minimum absolute atomic E-state index is 0.00265. The summed E-state index contributed by atoms with van der Waals surface area (Å²) in [5, 5.41) is 0. The van der Waals surface area contributed by atoms with Gasteiger partial charge in [0.05, 0.1) is 5.71 Å². The molecule has 0 aromatic heterocycles. The van der Waals surface area contributed by atoms with Crippen LogP contribution in [0.25, 0.3) is 11.1 Å². The monoisotopic (exact) mass is 307 g/mol. The molecule has 0 atom stereocenters. The lowest BCUT2D eigenvalue weighted by atomic mass is 9.98. The molecular formula is C19H17NO3. The van der Waals surface area contributed by atoms with Gasteiger partial charge in [0.2, 0.25) is 0 Å². The molecule has 0 saturated heterocycles. The van der Waals surface area contributed by atoms with Crippen molar-refractivity contribution in [3.8, 4) is 11.1 Å². The van der Waals surface area contributed by atoms with E-state index in [1.54, 1.807) is 6.92 Å². The fraction of sp³-hybridized carbons (Fsp3) is 0.211. The van der Waals surface area contributed by atoms with Gasteiger partial charge in [-0.2, -0.15) is 4.99 Å². The molecule has 3 rings (SSSR count). The minimum atomic E-state index is -0.712. The van der Waals surface area contributed by atoms with Gasteiger partial charge in [-0.15, -0.1) is 0 Å². The van der Waals surface area contributed by atoms with Crippen molar-refractivity contribution in [3.05, 3.63) is 59.7 Å². The van der Waals surface area contributed by atoms with Crippen molar-refractivity contribution < 1.29 is 14.3 Å². The van der Waals surface area contributed by atoms with Crippen LogP contribution in [0.15, 0.2) is 53.5 Å². The summed E-state index contributed by atoms with van der Waals surface area (Å²) < 4.78 is 5.29. The molecule has 0 spiro atoms. The summed E-state index contributed by atoms with van der Waals surface area (Å²) in [6.45, 7) is 1.98. The Labute approximate surface area is 134 Å². The molecule has 2 aromatic rings. The molecule has 1 amide bonds. The minimum Gasteiger partial charge on any atom is -0.447 e. The van der Waals surface area contributed by atoms with Gasteiger partial charge in [-0.3, -0.25) is 4.79 Å². The normalized spacial score (nSPS) is 13.3. The van der Waals surface area contributed by atoms with E-state index >= 15 is 0 Å². The number of hydrogen-bond acceptors (Lipinski definition) is 3. The number of fused-ring (bicyclic) bond motifs is 3. The number of nitrogens with zero attached hydrogens (tertiary/aromatic N) is 1. The molecule has 0 aliphatic heterocycles. The molecule has 116 valence electrons. The molecule has 4 nitrogen and oxygen atoms in total. The number of amides is 1. The number of benzene rings is 2. The van der Waals surface area contributed by atoms with Gasteiger partial charge in [0.1, 0.15) is 6.61 Å². The summed E-state index contributed by atoms with van der Waals surface area (Å²) in [4.78, 5) is 26.2. The summed E-state index contributed by atoms with van der Waals surface area (Å²) in [5.74, 6) is 0.00265. The first-order valence-corrected chi connectivity index (χ1v) is 7.62. The van der Waals surface area contributed by atoms with Gasteiger partial charge in [-0.1, -0.05) is 55.5 Å². The van der Waals surface area contributed by atoms with Gasteiger partial charge in [-0.25, -0.2) is 4.79 Å². The maximum atomic E-state index is 11.8. The van der Waals surface area contributed by atoms with Crippen LogP contribution in [-0.2, 0) is 9.53 Å². The highest BCUT2D eigenvalue weighted by Crippen LogP contribution is 2.44. The highest BCUT2D eigenvalue weighted by molar-refractivity contribution is 6.30. The van der Waals surface area contributed by atoms with Gasteiger partial charge in [0.15, 0.2) is 6.29 Å². The SMILES string of the molecule is CCC(C=O)=NC(=O)OCC1c2ccccc2-c2ccccc21. The average molecular weight is 307 g/mol. The lowest BCUT2D eigenvalue weighted by Gasteiger charge is -2.13. The van der Waals surface area contributed by atoms with E-state index in [0.717, 1.165) is 11.1 Å². The smallest absolute Gasteiger partial charge is 0.433 e. The number of aliphatic imine (C=N–C) groups is 1. The van der Waals surface area contributed by atoms with Crippen molar-refractivity contribution in [2.75, 3.05) is 6.61 Å². The lowest BCUT2D eigenvalue weighted by molar-refractivity contribution is -0.102. The van der Waals surface area contributed by atoms with Crippen molar-refractivity contribution in [2.24, 2.45) is 4.99 Å². The van der Waals surface area contributed by atoms with Gasteiger partial charge < -0.3 is 4.74 Å². The lowest BCUT2D eigenvalue weighted by Crippen LogP contribution is -2.12. The fourth-order valence-corrected chi connectivity index (χ4v) is 2.93. The highest BCUT2D eigenvalue weighted by Gasteiger charge is 2.28. The standard InChI is InChI=1S/C19H17NO3/c1-2-13(11-21)20-19(22)23-12-18-16-9-5-3-7-14(16)15-8-4-6-10-17(15)18/h3-11,18H,2,12H2,1H3. The topological polar surface area (TPSA) is 55.7 Å². The number of rotatable bonds is 4. The van der Waals surface area contributed by atoms with Crippen molar-refractivity contribution in [3.63, 3.8) is 0 Å². The van der Waals surface area contributed by atoms with Gasteiger partial charge >= 0.3 is 6.09 Å². The van der Waals surface area contributed by atoms with Crippen LogP contribution in [0, 0.1) is 0 Å². The third-order valence-corrected chi connectivity index (χ3v) is 4.07. The molecule has 1 aliphatic rings. The van der Waals surface area contributed by atoms with Crippen LogP contribution < -0.4 is 0 Å². The zero-order chi connectivity index (χ0) is 16.2. The maximum absolute atomic E-state index is 11.8. The third kappa shape index (κ3) is 2.93. The average Bonchev–Trinajstić information content (AvgIpc) is 2.92. The van der Waals surface area contributed by atoms with Crippen LogP contribution in [0.3, 0.4) is 0 Å². The molecule has 23 heavy (non-hydrogen) atoms. The molecular weight excluding hydrogens is 290 g/mol. The molecule has 0 fully saturated rings. The first-order chi connectivity index (χ1) is 11.2. The molecule has 0 N–H and O–H groups in total. The van der Waals surface area contributed by atoms with E-state index in [9.17, 15) is 9.59 Å². The fourth-order valence-electron chi connectivity index (χ4n) is 2.93. The van der Waals surface area contributed by atoms with Gasteiger partial charge in [0, 0.05) is 5.92 Å². The summed E-state index contributed by atoms with van der Waals surface area (Å²) in [5.41, 5.74) is 4.85. The number of ether oxygens (including phenoxy) is 1. The van der Waals surface area contributed by atoms with E-state index in [4.69, 9.17) is 4.74 Å². The highest BCUT2D eigenvalue weighted by atomic mass is 16.5. The molecule has 2 aromatic carbocycles. The first-order valence-electron chi connectivity index (χ1n) is 7.62. The Kier molecular flexibility index (Phi) is 4.33. The number of carbonyl (C=O) groups is 2. The van der Waals surface area contributed by atoms with Crippen molar-refractivity contribution in [2.45, 2.75) is 19.3 Å². The number of carbonyl (C=O) groups excluding carboxylic acids is 2. The summed E-state index contributed by atoms with van der Waals surface area (Å²) >= 11 is 0. The van der Waals surface area contributed by atoms with Gasteiger partial charge in [0.25, 0.3) is 0 Å². The van der Waals surface area contributed by atoms with E-state index < -0.39 is 6.09 Å². The Morgan fingerprint density at radius 3 is 2.17 bits per heavy atom. The van der Waals surface area contributed by atoms with E-state index in [1.165, 1.54) is 11.1 Å². The van der Waals surface area contributed by atoms with E-state index in [-0.39, 0.29) is 18.2 Å². The Morgan fingerprint density at radius 2 is 1.65 bits per heavy atom. The van der Waals surface area contributed by atoms with Crippen LogP contribution in [0.1, 0.15) is 30.4 Å². The predicted molar refractivity (Wildman–Crippen MR) is 88.9 cm³/mol. The van der Waals surface area contributed by atoms with E-state index in [1.807, 2.05) is 24.3 Å². The van der Waals surface area contributed by atoms with Gasteiger partial charge in [-0.05, 0) is 28.7 Å². The summed E-state index contributed by atoms with van der Waals surface area (Å²) in [7, 11) is 0. The van der Waals surface area contributed by atoms with Crippen LogP contribution >= 0.6 is 0 Å². The van der Waals surface area contributed by atoms with Crippen molar-refractivity contribution in [1.82, 2.24) is 0 Å². The Hall–Kier alpha value is -2.75. The first kappa shape index (κ1) is 15.2. The zero-order valence-corrected chi connectivity index (χ0v) is 12.9. The predicted octanol–water partition coefficient (Wildman–Crippen LogP) is 3.99. The van der Waals surface area contributed by atoms with E-state index in [0.29, 0.717) is 12.7 Å². The molecule has 0 unspecified atom stereocenters. The third-order valence-electron chi connectivity index (χ3n) is 4.07. The van der Waals surface area contributed by atoms with Crippen molar-refractivity contribution >= 4 is 18.1 Å². The zero-order valence-electron chi connectivity index (χ0n) is 12.9. The second-order valence-electron chi connectivity index (χ2n) is 5.38. The molecule has 0 radical (unpaired) electrons. The second-order valence-corrected chi connectivity index (χ2v) is 5.38. The van der Waals surface area contributed by atoms with E-state index in [2.05, 4.69) is 29.3 Å². The summed E-state index contributed by atoms with van der Waals surface area (Å²) in [6, 6.07) is 16.3. The second kappa shape index (κ2) is 6.57. The van der Waals surface area contributed by atoms with Crippen LogP contribution in [0.5, 0.6) is 0 Å². The molecule has 0 saturated carbocycles. The Balaban J connectivity index is 1.82. The van der Waals surface area contributed by atoms with Crippen LogP contribution in [0.4, 0.5) is 4.79 Å². The number of aldehydes is 1.